The van der Waals surface area contributed by atoms with E-state index >= 15 is 0 Å². The van der Waals surface area contributed by atoms with Gasteiger partial charge in [0.05, 0.1) is 0 Å². The van der Waals surface area contributed by atoms with Crippen LogP contribution in [0.1, 0.15) is 68.9 Å². The molecule has 2 aromatic rings. The first-order valence-corrected chi connectivity index (χ1v) is 9.31. The van der Waals surface area contributed by atoms with E-state index in [1.165, 1.54) is 12.0 Å². The molecular weight excluding hydrogens is 336 g/mol. The largest absolute Gasteiger partial charge is 0.354 e. The second-order valence-corrected chi connectivity index (χ2v) is 8.19. The van der Waals surface area contributed by atoms with Crippen LogP contribution in [-0.2, 0) is 5.41 Å². The SMILES string of the molecule is CC(C)(C)c1ccc(-c2onc(C(=O)NC3CCCCC3)c2Cl)cc1. The molecule has 0 bridgehead atoms. The first-order chi connectivity index (χ1) is 11.9. The van der Waals surface area contributed by atoms with E-state index in [0.717, 1.165) is 31.2 Å². The fourth-order valence-electron chi connectivity index (χ4n) is 3.22. The molecule has 3 rings (SSSR count). The summed E-state index contributed by atoms with van der Waals surface area (Å²) in [5.41, 5.74) is 2.29. The second kappa shape index (κ2) is 7.20. The first-order valence-electron chi connectivity index (χ1n) is 8.93. The molecular formula is C20H25ClN2O2. The third-order valence-corrected chi connectivity index (χ3v) is 5.15. The summed E-state index contributed by atoms with van der Waals surface area (Å²) in [4.78, 5) is 12.4. The average Bonchev–Trinajstić information content (AvgIpc) is 2.97. The second-order valence-electron chi connectivity index (χ2n) is 7.81. The summed E-state index contributed by atoms with van der Waals surface area (Å²) in [6.07, 6.45) is 5.59. The molecule has 0 atom stereocenters. The molecule has 1 N–H and O–H groups in total. The number of benzene rings is 1. The summed E-state index contributed by atoms with van der Waals surface area (Å²) in [6.45, 7) is 6.49. The number of carbonyl (C=O) groups excluding carboxylic acids is 1. The zero-order valence-electron chi connectivity index (χ0n) is 15.1. The van der Waals surface area contributed by atoms with Crippen molar-refractivity contribution >= 4 is 17.5 Å². The lowest BCUT2D eigenvalue weighted by Gasteiger charge is -2.22. The summed E-state index contributed by atoms with van der Waals surface area (Å²) >= 11 is 6.38. The van der Waals surface area contributed by atoms with Gasteiger partial charge >= 0.3 is 0 Å². The Labute approximate surface area is 153 Å². The smallest absolute Gasteiger partial charge is 0.275 e. The van der Waals surface area contributed by atoms with Gasteiger partial charge in [0.2, 0.25) is 0 Å². The van der Waals surface area contributed by atoms with Gasteiger partial charge in [-0.2, -0.15) is 0 Å². The molecule has 1 heterocycles. The minimum absolute atomic E-state index is 0.0782. The van der Waals surface area contributed by atoms with Crippen molar-refractivity contribution in [2.45, 2.75) is 64.3 Å². The van der Waals surface area contributed by atoms with E-state index in [0.29, 0.717) is 5.76 Å². The Kier molecular flexibility index (Phi) is 5.19. The van der Waals surface area contributed by atoms with Gasteiger partial charge in [0, 0.05) is 11.6 Å². The van der Waals surface area contributed by atoms with E-state index in [1.807, 2.05) is 12.1 Å². The van der Waals surface area contributed by atoms with Crippen molar-refractivity contribution in [1.82, 2.24) is 10.5 Å². The van der Waals surface area contributed by atoms with Crippen LogP contribution in [0.3, 0.4) is 0 Å². The Bertz CT molecular complexity index is 738. The molecule has 0 radical (unpaired) electrons. The van der Waals surface area contributed by atoms with E-state index in [1.54, 1.807) is 0 Å². The quantitative estimate of drug-likeness (QED) is 0.802. The monoisotopic (exact) mass is 360 g/mol. The molecule has 1 aromatic heterocycles. The van der Waals surface area contributed by atoms with Crippen LogP contribution in [-0.4, -0.2) is 17.1 Å². The van der Waals surface area contributed by atoms with E-state index in [-0.39, 0.29) is 28.1 Å². The zero-order valence-corrected chi connectivity index (χ0v) is 15.8. The van der Waals surface area contributed by atoms with Gasteiger partial charge in [0.15, 0.2) is 11.5 Å². The van der Waals surface area contributed by atoms with Crippen LogP contribution in [0.5, 0.6) is 0 Å². The van der Waals surface area contributed by atoms with Crippen molar-refractivity contribution in [2.24, 2.45) is 0 Å². The first kappa shape index (κ1) is 18.0. The average molecular weight is 361 g/mol. The van der Waals surface area contributed by atoms with Crippen LogP contribution in [0, 0.1) is 0 Å². The molecule has 1 aliphatic carbocycles. The lowest BCUT2D eigenvalue weighted by molar-refractivity contribution is 0.0919. The topological polar surface area (TPSA) is 55.1 Å². The molecule has 5 heteroatoms. The summed E-state index contributed by atoms with van der Waals surface area (Å²) in [5.74, 6) is 0.189. The number of hydrogen-bond donors (Lipinski definition) is 1. The lowest BCUT2D eigenvalue weighted by atomic mass is 9.86. The normalized spacial score (nSPS) is 16.0. The van der Waals surface area contributed by atoms with Gasteiger partial charge in [0.1, 0.15) is 5.02 Å². The molecule has 0 aliphatic heterocycles. The Morgan fingerprint density at radius 3 is 2.40 bits per heavy atom. The Hall–Kier alpha value is -1.81. The molecule has 1 aromatic carbocycles. The van der Waals surface area contributed by atoms with Gasteiger partial charge in [-0.1, -0.05) is 81.1 Å². The van der Waals surface area contributed by atoms with E-state index in [9.17, 15) is 4.79 Å². The minimum atomic E-state index is -0.252. The van der Waals surface area contributed by atoms with Crippen LogP contribution >= 0.6 is 11.6 Å². The summed E-state index contributed by atoms with van der Waals surface area (Å²) in [6, 6.07) is 8.22. The van der Waals surface area contributed by atoms with Crippen molar-refractivity contribution in [2.75, 3.05) is 0 Å². The molecule has 134 valence electrons. The van der Waals surface area contributed by atoms with Gasteiger partial charge in [-0.3, -0.25) is 4.79 Å². The van der Waals surface area contributed by atoms with Gasteiger partial charge < -0.3 is 9.84 Å². The highest BCUT2D eigenvalue weighted by Crippen LogP contribution is 2.32. The maximum atomic E-state index is 12.4. The summed E-state index contributed by atoms with van der Waals surface area (Å²) < 4.78 is 5.37. The van der Waals surface area contributed by atoms with Gasteiger partial charge in [-0.05, 0) is 23.8 Å². The number of carbonyl (C=O) groups is 1. The summed E-state index contributed by atoms with van der Waals surface area (Å²) in [5, 5.41) is 7.21. The number of nitrogens with one attached hydrogen (secondary N) is 1. The minimum Gasteiger partial charge on any atom is -0.354 e. The maximum Gasteiger partial charge on any atom is 0.275 e. The number of halogens is 1. The van der Waals surface area contributed by atoms with E-state index in [2.05, 4.69) is 43.4 Å². The Morgan fingerprint density at radius 1 is 1.16 bits per heavy atom. The fourth-order valence-corrected chi connectivity index (χ4v) is 3.49. The van der Waals surface area contributed by atoms with Crippen LogP contribution < -0.4 is 5.32 Å². The highest BCUT2D eigenvalue weighted by molar-refractivity contribution is 6.35. The van der Waals surface area contributed by atoms with Crippen LogP contribution in [0.25, 0.3) is 11.3 Å². The van der Waals surface area contributed by atoms with Crippen molar-refractivity contribution in [1.29, 1.82) is 0 Å². The molecule has 1 saturated carbocycles. The molecule has 0 spiro atoms. The standard InChI is InChI=1S/C20H25ClN2O2/c1-20(2,3)14-11-9-13(10-12-14)18-16(21)17(23-25-18)19(24)22-15-7-5-4-6-8-15/h9-12,15H,4-8H2,1-3H3,(H,22,24). The number of aromatic nitrogens is 1. The van der Waals surface area contributed by atoms with Gasteiger partial charge in [-0.15, -0.1) is 0 Å². The highest BCUT2D eigenvalue weighted by Gasteiger charge is 2.24. The van der Waals surface area contributed by atoms with Crippen LogP contribution in [0.2, 0.25) is 5.02 Å². The van der Waals surface area contributed by atoms with Crippen molar-refractivity contribution in [3.8, 4) is 11.3 Å². The Balaban J connectivity index is 1.77. The van der Waals surface area contributed by atoms with Crippen LogP contribution in [0.15, 0.2) is 28.8 Å². The third kappa shape index (κ3) is 4.06. The summed E-state index contributed by atoms with van der Waals surface area (Å²) in [7, 11) is 0. The molecule has 4 nitrogen and oxygen atoms in total. The van der Waals surface area contributed by atoms with Crippen molar-refractivity contribution < 1.29 is 9.32 Å². The zero-order chi connectivity index (χ0) is 18.0. The lowest BCUT2D eigenvalue weighted by Crippen LogP contribution is -2.36. The molecule has 0 unspecified atom stereocenters. The predicted molar refractivity (Wildman–Crippen MR) is 100.0 cm³/mol. The predicted octanol–water partition coefficient (Wildman–Crippen LogP) is 5.36. The van der Waals surface area contributed by atoms with Crippen molar-refractivity contribution in [3.05, 3.63) is 40.5 Å². The van der Waals surface area contributed by atoms with E-state index in [4.69, 9.17) is 16.1 Å². The highest BCUT2D eigenvalue weighted by atomic mass is 35.5. The Morgan fingerprint density at radius 2 is 1.80 bits per heavy atom. The third-order valence-electron chi connectivity index (χ3n) is 4.80. The van der Waals surface area contributed by atoms with E-state index < -0.39 is 0 Å². The number of nitrogens with zero attached hydrogens (tertiary/aromatic N) is 1. The van der Waals surface area contributed by atoms with Gasteiger partial charge in [0.25, 0.3) is 5.91 Å². The fraction of sp³-hybridized carbons (Fsp3) is 0.500. The number of rotatable bonds is 3. The number of amides is 1. The molecule has 1 aliphatic rings. The molecule has 0 saturated heterocycles. The molecule has 1 amide bonds. The molecule has 1 fully saturated rings. The molecule has 25 heavy (non-hydrogen) atoms. The van der Waals surface area contributed by atoms with Crippen LogP contribution in [0.4, 0.5) is 0 Å². The van der Waals surface area contributed by atoms with Gasteiger partial charge in [-0.25, -0.2) is 0 Å². The van der Waals surface area contributed by atoms with Crippen molar-refractivity contribution in [3.63, 3.8) is 0 Å². The number of hydrogen-bond acceptors (Lipinski definition) is 3. The maximum absolute atomic E-state index is 12.4.